The molecule has 1 fully saturated rings. The molecule has 0 bridgehead atoms. The highest BCUT2D eigenvalue weighted by molar-refractivity contribution is 4.70. The van der Waals surface area contributed by atoms with Gasteiger partial charge in [-0.3, -0.25) is 0 Å². The molecule has 1 heterocycles. The second-order valence-electron chi connectivity index (χ2n) is 2.20. The highest BCUT2D eigenvalue weighted by Gasteiger charge is 2.22. The molecule has 1 aliphatic rings. The van der Waals surface area contributed by atoms with Crippen molar-refractivity contribution in [2.75, 3.05) is 6.61 Å². The summed E-state index contributed by atoms with van der Waals surface area (Å²) in [6.07, 6.45) is 1.06. The number of ether oxygens (including phenoxy) is 1. The average molecular weight is 118 g/mol. The van der Waals surface area contributed by atoms with Gasteiger partial charge >= 0.3 is 0 Å². The van der Waals surface area contributed by atoms with Crippen molar-refractivity contribution in [1.29, 1.82) is 0 Å². The first-order chi connectivity index (χ1) is 3.83. The van der Waals surface area contributed by atoms with Crippen molar-refractivity contribution in [2.45, 2.75) is 32.0 Å². The molecule has 2 heteroatoms. The lowest BCUT2D eigenvalue weighted by atomic mass is 10.2. The van der Waals surface area contributed by atoms with Crippen LogP contribution in [0.5, 0.6) is 0 Å². The van der Waals surface area contributed by atoms with Crippen molar-refractivity contribution in [3.8, 4) is 0 Å². The van der Waals surface area contributed by atoms with E-state index in [9.17, 15) is 4.39 Å². The number of hydrogen-bond donors (Lipinski definition) is 0. The summed E-state index contributed by atoms with van der Waals surface area (Å²) in [6, 6.07) is 0. The van der Waals surface area contributed by atoms with Gasteiger partial charge in [0.1, 0.15) is 6.17 Å². The van der Waals surface area contributed by atoms with Gasteiger partial charge in [0, 0.05) is 6.42 Å². The summed E-state index contributed by atoms with van der Waals surface area (Å²) in [7, 11) is 0. The lowest BCUT2D eigenvalue weighted by Gasteiger charge is -2.00. The van der Waals surface area contributed by atoms with E-state index < -0.39 is 6.17 Å². The fraction of sp³-hybridized carbons (Fsp3) is 1.00. The van der Waals surface area contributed by atoms with Crippen molar-refractivity contribution in [3.05, 3.63) is 0 Å². The van der Waals surface area contributed by atoms with Crippen LogP contribution in [0.4, 0.5) is 4.39 Å². The van der Waals surface area contributed by atoms with Crippen LogP contribution in [0.15, 0.2) is 0 Å². The molecule has 1 aliphatic heterocycles. The Morgan fingerprint density at radius 3 is 2.75 bits per heavy atom. The van der Waals surface area contributed by atoms with E-state index in [1.807, 2.05) is 6.92 Å². The van der Waals surface area contributed by atoms with Gasteiger partial charge in [-0.15, -0.1) is 0 Å². The lowest BCUT2D eigenvalue weighted by molar-refractivity contribution is 0.101. The zero-order valence-electron chi connectivity index (χ0n) is 5.06. The highest BCUT2D eigenvalue weighted by Crippen LogP contribution is 2.17. The smallest absolute Gasteiger partial charge is 0.126 e. The second-order valence-corrected chi connectivity index (χ2v) is 2.20. The summed E-state index contributed by atoms with van der Waals surface area (Å²) < 4.78 is 17.3. The van der Waals surface area contributed by atoms with Gasteiger partial charge in [0.2, 0.25) is 0 Å². The molecule has 8 heavy (non-hydrogen) atoms. The molecule has 1 saturated heterocycles. The first-order valence-corrected chi connectivity index (χ1v) is 3.08. The maximum atomic E-state index is 12.2. The zero-order valence-corrected chi connectivity index (χ0v) is 5.06. The van der Waals surface area contributed by atoms with Gasteiger partial charge in [-0.25, -0.2) is 4.39 Å². The van der Waals surface area contributed by atoms with E-state index in [-0.39, 0.29) is 6.10 Å². The van der Waals surface area contributed by atoms with Crippen LogP contribution in [0.3, 0.4) is 0 Å². The van der Waals surface area contributed by atoms with Crippen LogP contribution >= 0.6 is 0 Å². The molecule has 0 aromatic heterocycles. The fourth-order valence-electron chi connectivity index (χ4n) is 0.946. The van der Waals surface area contributed by atoms with Gasteiger partial charge < -0.3 is 4.74 Å². The Hall–Kier alpha value is -0.110. The van der Waals surface area contributed by atoms with Gasteiger partial charge in [-0.05, 0) is 6.42 Å². The molecule has 1 nitrogen and oxygen atoms in total. The van der Waals surface area contributed by atoms with E-state index in [1.54, 1.807) is 0 Å². The molecule has 0 amide bonds. The maximum absolute atomic E-state index is 12.2. The quantitative estimate of drug-likeness (QED) is 0.507. The minimum atomic E-state index is -0.694. The van der Waals surface area contributed by atoms with E-state index in [0.29, 0.717) is 13.0 Å². The van der Waals surface area contributed by atoms with Gasteiger partial charge in [0.05, 0.1) is 12.7 Å². The summed E-state index contributed by atoms with van der Waals surface area (Å²) in [5.74, 6) is 0. The Kier molecular flexibility index (Phi) is 1.84. The van der Waals surface area contributed by atoms with E-state index in [4.69, 9.17) is 4.74 Å². The van der Waals surface area contributed by atoms with Gasteiger partial charge in [-0.2, -0.15) is 0 Å². The third-order valence-electron chi connectivity index (χ3n) is 1.49. The molecule has 0 aromatic carbocycles. The van der Waals surface area contributed by atoms with Gasteiger partial charge in [0.15, 0.2) is 0 Å². The minimum Gasteiger partial charge on any atom is -0.375 e. The van der Waals surface area contributed by atoms with E-state index in [0.717, 1.165) is 6.42 Å². The lowest BCUT2D eigenvalue weighted by Crippen LogP contribution is -2.01. The first kappa shape index (κ1) is 6.02. The highest BCUT2D eigenvalue weighted by atomic mass is 19.1. The van der Waals surface area contributed by atoms with Crippen LogP contribution in [0.2, 0.25) is 0 Å². The number of halogens is 1. The molecule has 0 saturated carbocycles. The molecule has 48 valence electrons. The van der Waals surface area contributed by atoms with Crippen molar-refractivity contribution >= 4 is 0 Å². The normalized spacial score (nSPS) is 38.2. The van der Waals surface area contributed by atoms with Crippen LogP contribution in [-0.4, -0.2) is 18.9 Å². The fourth-order valence-corrected chi connectivity index (χ4v) is 0.946. The van der Waals surface area contributed by atoms with Crippen molar-refractivity contribution < 1.29 is 9.13 Å². The first-order valence-electron chi connectivity index (χ1n) is 3.08. The summed E-state index contributed by atoms with van der Waals surface area (Å²) in [4.78, 5) is 0. The SMILES string of the molecule is CCC1CC(F)CO1. The third kappa shape index (κ3) is 1.19. The third-order valence-corrected chi connectivity index (χ3v) is 1.49. The Morgan fingerprint density at radius 1 is 1.75 bits per heavy atom. The van der Waals surface area contributed by atoms with E-state index in [1.165, 1.54) is 0 Å². The van der Waals surface area contributed by atoms with Crippen LogP contribution in [-0.2, 0) is 4.74 Å². The predicted octanol–water partition coefficient (Wildman–Crippen LogP) is 1.52. The molecule has 0 N–H and O–H groups in total. The monoisotopic (exact) mass is 118 g/mol. The standard InChI is InChI=1S/C6H11FO/c1-2-6-3-5(7)4-8-6/h5-6H,2-4H2,1H3. The number of hydrogen-bond acceptors (Lipinski definition) is 1. The molecule has 0 spiro atoms. The molecular formula is C6H11FO. The second kappa shape index (κ2) is 2.44. The summed E-state index contributed by atoms with van der Waals surface area (Å²) in [5.41, 5.74) is 0. The number of rotatable bonds is 1. The van der Waals surface area contributed by atoms with Crippen LogP contribution < -0.4 is 0 Å². The zero-order chi connectivity index (χ0) is 5.98. The van der Waals surface area contributed by atoms with Crippen molar-refractivity contribution in [2.24, 2.45) is 0 Å². The minimum absolute atomic E-state index is 0.199. The number of alkyl halides is 1. The largest absolute Gasteiger partial charge is 0.375 e. The Labute approximate surface area is 48.8 Å². The molecule has 1 rings (SSSR count). The van der Waals surface area contributed by atoms with Crippen LogP contribution in [0.25, 0.3) is 0 Å². The van der Waals surface area contributed by atoms with Crippen LogP contribution in [0.1, 0.15) is 19.8 Å². The molecule has 0 aliphatic carbocycles. The van der Waals surface area contributed by atoms with Crippen molar-refractivity contribution in [3.63, 3.8) is 0 Å². The Balaban J connectivity index is 2.22. The summed E-state index contributed by atoms with van der Waals surface area (Å²) >= 11 is 0. The summed E-state index contributed by atoms with van der Waals surface area (Å²) in [6.45, 7) is 2.33. The Bertz CT molecular complexity index is 74.9. The van der Waals surface area contributed by atoms with Gasteiger partial charge in [0.25, 0.3) is 0 Å². The maximum Gasteiger partial charge on any atom is 0.126 e. The summed E-state index contributed by atoms with van der Waals surface area (Å²) in [5, 5.41) is 0. The predicted molar refractivity (Wildman–Crippen MR) is 29.5 cm³/mol. The molecule has 0 radical (unpaired) electrons. The topological polar surface area (TPSA) is 9.23 Å². The van der Waals surface area contributed by atoms with Gasteiger partial charge in [-0.1, -0.05) is 6.92 Å². The molecule has 2 atom stereocenters. The van der Waals surface area contributed by atoms with Crippen molar-refractivity contribution in [1.82, 2.24) is 0 Å². The molecular weight excluding hydrogens is 107 g/mol. The van der Waals surface area contributed by atoms with E-state index in [2.05, 4.69) is 0 Å². The average Bonchev–Trinajstić information content (AvgIpc) is 2.14. The molecule has 0 aromatic rings. The molecule has 2 unspecified atom stereocenters. The Morgan fingerprint density at radius 2 is 2.50 bits per heavy atom. The van der Waals surface area contributed by atoms with E-state index >= 15 is 0 Å². The van der Waals surface area contributed by atoms with Crippen LogP contribution in [0, 0.1) is 0 Å².